The normalized spacial score (nSPS) is 11.4. The van der Waals surface area contributed by atoms with Crippen LogP contribution < -0.4 is 4.74 Å². The Morgan fingerprint density at radius 3 is 2.42 bits per heavy atom. The summed E-state index contributed by atoms with van der Waals surface area (Å²) in [6.45, 7) is 0.169. The summed E-state index contributed by atoms with van der Waals surface area (Å²) < 4.78 is 42.9. The Morgan fingerprint density at radius 2 is 1.74 bits per heavy atom. The Labute approximate surface area is 113 Å². The molecule has 0 aliphatic heterocycles. The van der Waals surface area contributed by atoms with E-state index in [1.807, 2.05) is 0 Å². The maximum atomic E-state index is 12.5. The molecule has 0 radical (unpaired) electrons. The Morgan fingerprint density at radius 1 is 1.00 bits per heavy atom. The van der Waals surface area contributed by atoms with Crippen LogP contribution in [0.1, 0.15) is 11.1 Å². The Hall–Kier alpha value is -1.68. The molecule has 0 N–H and O–H groups in total. The third-order valence-corrected chi connectivity index (χ3v) is 2.69. The van der Waals surface area contributed by atoms with Crippen LogP contribution in [-0.2, 0) is 12.8 Å². The van der Waals surface area contributed by atoms with E-state index in [2.05, 4.69) is 0 Å². The summed E-state index contributed by atoms with van der Waals surface area (Å²) in [6, 6.07) is 11.8. The van der Waals surface area contributed by atoms with Crippen LogP contribution >= 0.6 is 11.6 Å². The van der Waals surface area contributed by atoms with Crippen LogP contribution in [0.4, 0.5) is 13.2 Å². The molecule has 0 atom stereocenters. The minimum absolute atomic E-state index is 0.169. The highest BCUT2D eigenvalue weighted by Crippen LogP contribution is 2.31. The minimum Gasteiger partial charge on any atom is -0.489 e. The molecule has 0 unspecified atom stereocenters. The van der Waals surface area contributed by atoms with Crippen molar-refractivity contribution in [2.75, 3.05) is 0 Å². The summed E-state index contributed by atoms with van der Waals surface area (Å²) in [5, 5.41) is 0.560. The third-order valence-electron chi connectivity index (χ3n) is 2.46. The molecule has 2 aromatic carbocycles. The van der Waals surface area contributed by atoms with Crippen molar-refractivity contribution in [2.45, 2.75) is 12.8 Å². The lowest BCUT2D eigenvalue weighted by Crippen LogP contribution is -2.05. The summed E-state index contributed by atoms with van der Waals surface area (Å²) in [5.74, 6) is 0.176. The van der Waals surface area contributed by atoms with Crippen LogP contribution in [0.15, 0.2) is 48.5 Å². The molecular formula is C14H10ClF3O. The van der Waals surface area contributed by atoms with E-state index < -0.39 is 11.7 Å². The van der Waals surface area contributed by atoms with Gasteiger partial charge in [0.25, 0.3) is 0 Å². The van der Waals surface area contributed by atoms with E-state index in [4.69, 9.17) is 16.3 Å². The average molecular weight is 287 g/mol. The van der Waals surface area contributed by atoms with E-state index in [0.29, 0.717) is 5.02 Å². The van der Waals surface area contributed by atoms with Crippen molar-refractivity contribution in [2.24, 2.45) is 0 Å². The number of ether oxygens (including phenoxy) is 1. The number of hydrogen-bond acceptors (Lipinski definition) is 1. The summed E-state index contributed by atoms with van der Waals surface area (Å²) in [5.41, 5.74) is 0.0704. The summed E-state index contributed by atoms with van der Waals surface area (Å²) in [4.78, 5) is 0. The molecule has 100 valence electrons. The van der Waals surface area contributed by atoms with Crippen molar-refractivity contribution in [3.05, 3.63) is 64.7 Å². The van der Waals surface area contributed by atoms with E-state index in [1.165, 1.54) is 12.1 Å². The molecule has 0 fully saturated rings. The molecule has 0 aliphatic carbocycles. The predicted molar refractivity (Wildman–Crippen MR) is 67.2 cm³/mol. The molecule has 0 aliphatic rings. The van der Waals surface area contributed by atoms with Crippen molar-refractivity contribution in [3.63, 3.8) is 0 Å². The first kappa shape index (κ1) is 13.7. The van der Waals surface area contributed by atoms with Crippen LogP contribution in [0.5, 0.6) is 5.75 Å². The first-order chi connectivity index (χ1) is 8.95. The molecule has 0 spiro atoms. The standard InChI is InChI=1S/C14H10ClF3O/c15-12-5-1-3-10(7-12)9-19-13-6-2-4-11(8-13)14(16,17)18/h1-8H,9H2. The fourth-order valence-corrected chi connectivity index (χ4v) is 1.77. The maximum Gasteiger partial charge on any atom is 0.416 e. The highest BCUT2D eigenvalue weighted by Gasteiger charge is 2.30. The van der Waals surface area contributed by atoms with Crippen LogP contribution in [0.3, 0.4) is 0 Å². The second-order valence-corrected chi connectivity index (χ2v) is 4.38. The quantitative estimate of drug-likeness (QED) is 0.777. The lowest BCUT2D eigenvalue weighted by Gasteiger charge is -2.10. The van der Waals surface area contributed by atoms with Gasteiger partial charge in [-0.2, -0.15) is 13.2 Å². The van der Waals surface area contributed by atoms with Gasteiger partial charge in [0.2, 0.25) is 0 Å². The molecule has 0 saturated carbocycles. The number of halogens is 4. The Balaban J connectivity index is 2.08. The monoisotopic (exact) mass is 286 g/mol. The zero-order chi connectivity index (χ0) is 13.9. The van der Waals surface area contributed by atoms with E-state index >= 15 is 0 Å². The van der Waals surface area contributed by atoms with E-state index in [1.54, 1.807) is 24.3 Å². The number of benzene rings is 2. The first-order valence-electron chi connectivity index (χ1n) is 5.50. The predicted octanol–water partition coefficient (Wildman–Crippen LogP) is 4.94. The van der Waals surface area contributed by atoms with Crippen molar-refractivity contribution >= 4 is 11.6 Å². The van der Waals surface area contributed by atoms with Crippen molar-refractivity contribution in [1.29, 1.82) is 0 Å². The topological polar surface area (TPSA) is 9.23 Å². The second-order valence-electron chi connectivity index (χ2n) is 3.94. The summed E-state index contributed by atoms with van der Waals surface area (Å²) in [7, 11) is 0. The van der Waals surface area contributed by atoms with E-state index in [-0.39, 0.29) is 12.4 Å². The molecule has 5 heteroatoms. The van der Waals surface area contributed by atoms with Gasteiger partial charge >= 0.3 is 6.18 Å². The second kappa shape index (κ2) is 5.53. The lowest BCUT2D eigenvalue weighted by molar-refractivity contribution is -0.137. The smallest absolute Gasteiger partial charge is 0.416 e. The van der Waals surface area contributed by atoms with Crippen molar-refractivity contribution in [3.8, 4) is 5.75 Å². The number of alkyl halides is 3. The molecular weight excluding hydrogens is 277 g/mol. The number of hydrogen-bond donors (Lipinski definition) is 0. The molecule has 19 heavy (non-hydrogen) atoms. The van der Waals surface area contributed by atoms with Gasteiger partial charge in [-0.3, -0.25) is 0 Å². The molecule has 0 heterocycles. The Bertz CT molecular complexity index is 567. The van der Waals surface area contributed by atoms with Crippen LogP contribution in [0, 0.1) is 0 Å². The van der Waals surface area contributed by atoms with Crippen LogP contribution in [-0.4, -0.2) is 0 Å². The average Bonchev–Trinajstić information content (AvgIpc) is 2.36. The fraction of sp³-hybridized carbons (Fsp3) is 0.143. The highest BCUT2D eigenvalue weighted by atomic mass is 35.5. The van der Waals surface area contributed by atoms with Gasteiger partial charge in [-0.05, 0) is 35.9 Å². The molecule has 0 saturated heterocycles. The van der Waals surface area contributed by atoms with Crippen LogP contribution in [0.25, 0.3) is 0 Å². The third kappa shape index (κ3) is 3.89. The zero-order valence-corrected chi connectivity index (χ0v) is 10.5. The van der Waals surface area contributed by atoms with Crippen LogP contribution in [0.2, 0.25) is 5.02 Å². The molecule has 0 amide bonds. The van der Waals surface area contributed by atoms with Gasteiger partial charge in [-0.15, -0.1) is 0 Å². The van der Waals surface area contributed by atoms with Gasteiger partial charge in [0.1, 0.15) is 12.4 Å². The van der Waals surface area contributed by atoms with Gasteiger partial charge in [-0.1, -0.05) is 29.8 Å². The molecule has 0 aromatic heterocycles. The molecule has 2 aromatic rings. The lowest BCUT2D eigenvalue weighted by atomic mass is 10.2. The summed E-state index contributed by atoms with van der Waals surface area (Å²) >= 11 is 5.81. The van der Waals surface area contributed by atoms with E-state index in [0.717, 1.165) is 17.7 Å². The van der Waals surface area contributed by atoms with Gasteiger partial charge in [0.05, 0.1) is 5.56 Å². The van der Waals surface area contributed by atoms with Crippen molar-refractivity contribution in [1.82, 2.24) is 0 Å². The van der Waals surface area contributed by atoms with E-state index in [9.17, 15) is 13.2 Å². The fourth-order valence-electron chi connectivity index (χ4n) is 1.56. The molecule has 0 bridgehead atoms. The van der Waals surface area contributed by atoms with Gasteiger partial charge in [0, 0.05) is 5.02 Å². The Kier molecular flexibility index (Phi) is 4.00. The summed E-state index contributed by atoms with van der Waals surface area (Å²) in [6.07, 6.45) is -4.37. The zero-order valence-electron chi connectivity index (χ0n) is 9.75. The molecule has 1 nitrogen and oxygen atoms in total. The maximum absolute atomic E-state index is 12.5. The molecule has 2 rings (SSSR count). The van der Waals surface area contributed by atoms with Gasteiger partial charge in [-0.25, -0.2) is 0 Å². The van der Waals surface area contributed by atoms with Gasteiger partial charge < -0.3 is 4.74 Å². The minimum atomic E-state index is -4.37. The largest absolute Gasteiger partial charge is 0.489 e. The number of rotatable bonds is 3. The SMILES string of the molecule is FC(F)(F)c1cccc(OCc2cccc(Cl)c2)c1. The highest BCUT2D eigenvalue weighted by molar-refractivity contribution is 6.30. The van der Waals surface area contributed by atoms with Gasteiger partial charge in [0.15, 0.2) is 0 Å². The first-order valence-corrected chi connectivity index (χ1v) is 5.87. The van der Waals surface area contributed by atoms with Crippen molar-refractivity contribution < 1.29 is 17.9 Å².